The van der Waals surface area contributed by atoms with E-state index in [4.69, 9.17) is 0 Å². The van der Waals surface area contributed by atoms with E-state index >= 15 is 0 Å². The Morgan fingerprint density at radius 3 is 2.74 bits per heavy atom. The van der Waals surface area contributed by atoms with Gasteiger partial charge in [-0.05, 0) is 44.2 Å². The molecule has 1 aromatic rings. The summed E-state index contributed by atoms with van der Waals surface area (Å²) in [5, 5.41) is 0. The zero-order chi connectivity index (χ0) is 13.7. The number of piperidine rings is 1. The molecule has 0 bridgehead atoms. The highest BCUT2D eigenvalue weighted by atomic mass is 16.2. The molecule has 0 unspecified atom stereocenters. The maximum atomic E-state index is 12.5. The molecule has 19 heavy (non-hydrogen) atoms. The van der Waals surface area contributed by atoms with E-state index in [1.807, 2.05) is 43.3 Å². The first-order chi connectivity index (χ1) is 9.22. The molecule has 1 aliphatic heterocycles. The molecule has 1 aromatic carbocycles. The first-order valence-electron chi connectivity index (χ1n) is 7.26. The molecule has 0 saturated carbocycles. The van der Waals surface area contributed by atoms with E-state index in [2.05, 4.69) is 11.8 Å². The lowest BCUT2D eigenvalue weighted by Gasteiger charge is -2.35. The Hall–Kier alpha value is -1.57. The lowest BCUT2D eigenvalue weighted by Crippen LogP contribution is -2.43. The lowest BCUT2D eigenvalue weighted by atomic mass is 9.98. The van der Waals surface area contributed by atoms with Crippen LogP contribution >= 0.6 is 0 Å². The van der Waals surface area contributed by atoms with Crippen molar-refractivity contribution in [1.29, 1.82) is 0 Å². The third-order valence-corrected chi connectivity index (χ3v) is 3.88. The second-order valence-corrected chi connectivity index (χ2v) is 5.29. The van der Waals surface area contributed by atoms with Gasteiger partial charge in [0.15, 0.2) is 0 Å². The molecule has 2 nitrogen and oxygen atoms in total. The van der Waals surface area contributed by atoms with Crippen LogP contribution in [0.3, 0.4) is 0 Å². The van der Waals surface area contributed by atoms with Crippen LogP contribution < -0.4 is 0 Å². The predicted octanol–water partition coefficient (Wildman–Crippen LogP) is 3.88. The van der Waals surface area contributed by atoms with Crippen LogP contribution in [-0.4, -0.2) is 23.4 Å². The highest BCUT2D eigenvalue weighted by Gasteiger charge is 2.25. The number of hydrogen-bond donors (Lipinski definition) is 0. The second kappa shape index (κ2) is 6.55. The largest absolute Gasteiger partial charge is 0.336 e. The van der Waals surface area contributed by atoms with Crippen molar-refractivity contribution in [2.75, 3.05) is 6.54 Å². The molecule has 1 fully saturated rings. The van der Waals surface area contributed by atoms with Crippen molar-refractivity contribution in [1.82, 2.24) is 4.90 Å². The van der Waals surface area contributed by atoms with E-state index < -0.39 is 0 Å². The van der Waals surface area contributed by atoms with Gasteiger partial charge in [-0.3, -0.25) is 4.79 Å². The number of hydrogen-bond acceptors (Lipinski definition) is 1. The fourth-order valence-corrected chi connectivity index (χ4v) is 2.78. The summed E-state index contributed by atoms with van der Waals surface area (Å²) in [6.45, 7) is 5.01. The van der Waals surface area contributed by atoms with Crippen LogP contribution in [0.15, 0.2) is 35.9 Å². The van der Waals surface area contributed by atoms with E-state index in [1.54, 1.807) is 0 Å². The van der Waals surface area contributed by atoms with Gasteiger partial charge in [-0.1, -0.05) is 37.3 Å². The van der Waals surface area contributed by atoms with E-state index in [0.717, 1.165) is 36.9 Å². The SMILES string of the molecule is CC[C@H]1CCCCN1C(=O)/C(C)=C/c1ccccc1. The van der Waals surface area contributed by atoms with Gasteiger partial charge in [0.1, 0.15) is 0 Å². The molecular formula is C17H23NO. The average molecular weight is 257 g/mol. The summed E-state index contributed by atoms with van der Waals surface area (Å²) in [6.07, 6.45) is 6.60. The summed E-state index contributed by atoms with van der Waals surface area (Å²) in [4.78, 5) is 14.6. The molecule has 1 amide bonds. The van der Waals surface area contributed by atoms with Crippen molar-refractivity contribution >= 4 is 12.0 Å². The van der Waals surface area contributed by atoms with Crippen LogP contribution in [0.2, 0.25) is 0 Å². The molecule has 1 atom stereocenters. The number of carbonyl (C=O) groups is 1. The number of rotatable bonds is 3. The van der Waals surface area contributed by atoms with Crippen LogP contribution in [0.4, 0.5) is 0 Å². The monoisotopic (exact) mass is 257 g/mol. The highest BCUT2D eigenvalue weighted by Crippen LogP contribution is 2.22. The first kappa shape index (κ1) is 13.9. The van der Waals surface area contributed by atoms with Gasteiger partial charge in [-0.15, -0.1) is 0 Å². The van der Waals surface area contributed by atoms with Crippen molar-refractivity contribution in [3.05, 3.63) is 41.5 Å². The summed E-state index contributed by atoms with van der Waals surface area (Å²) >= 11 is 0. The van der Waals surface area contributed by atoms with Gasteiger partial charge < -0.3 is 4.90 Å². The van der Waals surface area contributed by atoms with Crippen LogP contribution in [0.5, 0.6) is 0 Å². The van der Waals surface area contributed by atoms with E-state index in [9.17, 15) is 4.79 Å². The van der Waals surface area contributed by atoms with Gasteiger partial charge in [0, 0.05) is 18.2 Å². The maximum absolute atomic E-state index is 12.5. The summed E-state index contributed by atoms with van der Waals surface area (Å²) in [7, 11) is 0. The normalized spacial score (nSPS) is 20.4. The Balaban J connectivity index is 2.12. The minimum atomic E-state index is 0.204. The Labute approximate surface area is 116 Å². The van der Waals surface area contributed by atoms with Gasteiger partial charge >= 0.3 is 0 Å². The third kappa shape index (κ3) is 3.46. The minimum absolute atomic E-state index is 0.204. The minimum Gasteiger partial charge on any atom is -0.336 e. The van der Waals surface area contributed by atoms with Gasteiger partial charge in [-0.2, -0.15) is 0 Å². The second-order valence-electron chi connectivity index (χ2n) is 5.29. The Bertz CT molecular complexity index is 450. The molecule has 0 aliphatic carbocycles. The molecule has 1 aliphatic rings. The summed E-state index contributed by atoms with van der Waals surface area (Å²) < 4.78 is 0. The van der Waals surface area contributed by atoms with Crippen LogP contribution in [0.1, 0.15) is 45.1 Å². The zero-order valence-electron chi connectivity index (χ0n) is 11.9. The number of nitrogens with zero attached hydrogens (tertiary/aromatic N) is 1. The van der Waals surface area contributed by atoms with Crippen molar-refractivity contribution < 1.29 is 4.79 Å². The highest BCUT2D eigenvalue weighted by molar-refractivity contribution is 5.97. The molecular weight excluding hydrogens is 234 g/mol. The maximum Gasteiger partial charge on any atom is 0.249 e. The van der Waals surface area contributed by atoms with Crippen molar-refractivity contribution in [3.63, 3.8) is 0 Å². The number of carbonyl (C=O) groups excluding carboxylic acids is 1. The predicted molar refractivity (Wildman–Crippen MR) is 79.7 cm³/mol. The molecule has 102 valence electrons. The molecule has 0 aromatic heterocycles. The summed E-state index contributed by atoms with van der Waals surface area (Å²) in [5.41, 5.74) is 1.94. The summed E-state index contributed by atoms with van der Waals surface area (Å²) in [5.74, 6) is 0.204. The van der Waals surface area contributed by atoms with E-state index in [-0.39, 0.29) is 5.91 Å². The molecule has 0 N–H and O–H groups in total. The van der Waals surface area contributed by atoms with Crippen molar-refractivity contribution in [3.8, 4) is 0 Å². The molecule has 0 radical (unpaired) electrons. The molecule has 1 heterocycles. The van der Waals surface area contributed by atoms with Crippen LogP contribution in [0.25, 0.3) is 6.08 Å². The van der Waals surface area contributed by atoms with Gasteiger partial charge in [-0.25, -0.2) is 0 Å². The van der Waals surface area contributed by atoms with Crippen molar-refractivity contribution in [2.45, 2.75) is 45.6 Å². The quantitative estimate of drug-likeness (QED) is 0.752. The average Bonchev–Trinajstić information content (AvgIpc) is 2.47. The number of benzene rings is 1. The number of amides is 1. The first-order valence-corrected chi connectivity index (χ1v) is 7.26. The molecule has 2 rings (SSSR count). The van der Waals surface area contributed by atoms with E-state index in [1.165, 1.54) is 6.42 Å². The smallest absolute Gasteiger partial charge is 0.249 e. The topological polar surface area (TPSA) is 20.3 Å². The Kier molecular flexibility index (Phi) is 4.78. The van der Waals surface area contributed by atoms with Crippen LogP contribution in [-0.2, 0) is 4.79 Å². The van der Waals surface area contributed by atoms with Crippen LogP contribution in [0, 0.1) is 0 Å². The lowest BCUT2D eigenvalue weighted by molar-refractivity contribution is -0.130. The Morgan fingerprint density at radius 1 is 1.32 bits per heavy atom. The third-order valence-electron chi connectivity index (χ3n) is 3.88. The fraction of sp³-hybridized carbons (Fsp3) is 0.471. The van der Waals surface area contributed by atoms with Gasteiger partial charge in [0.25, 0.3) is 0 Å². The van der Waals surface area contributed by atoms with Crippen molar-refractivity contribution in [2.24, 2.45) is 0 Å². The molecule has 1 saturated heterocycles. The van der Waals surface area contributed by atoms with Gasteiger partial charge in [0.05, 0.1) is 0 Å². The fourth-order valence-electron chi connectivity index (χ4n) is 2.78. The van der Waals surface area contributed by atoms with Gasteiger partial charge in [0.2, 0.25) is 5.91 Å². The number of likely N-dealkylation sites (tertiary alicyclic amines) is 1. The summed E-state index contributed by atoms with van der Waals surface area (Å²) in [6, 6.07) is 10.5. The molecule has 2 heteroatoms. The Morgan fingerprint density at radius 2 is 2.05 bits per heavy atom. The standard InChI is InChI=1S/C17H23NO/c1-3-16-11-7-8-12-18(16)17(19)14(2)13-15-9-5-4-6-10-15/h4-6,9-10,13,16H,3,7-8,11-12H2,1-2H3/b14-13+/t16-/m0/s1. The molecule has 0 spiro atoms. The zero-order valence-corrected chi connectivity index (χ0v) is 11.9. The van der Waals surface area contributed by atoms with E-state index in [0.29, 0.717) is 6.04 Å².